The van der Waals surface area contributed by atoms with E-state index in [2.05, 4.69) is 12.2 Å². The van der Waals surface area contributed by atoms with Gasteiger partial charge < -0.3 is 4.74 Å². The number of rotatable bonds is 4. The Balaban J connectivity index is 3.07. The van der Waals surface area contributed by atoms with Crippen molar-refractivity contribution in [3.05, 3.63) is 0 Å². The standard InChI is InChI=1S/C6H9O2S/c1-2-3-4-8-6(9)5-7/h2-4H2,1H3. The van der Waals surface area contributed by atoms with Crippen molar-refractivity contribution in [3.63, 3.8) is 0 Å². The van der Waals surface area contributed by atoms with E-state index in [9.17, 15) is 4.79 Å². The van der Waals surface area contributed by atoms with Gasteiger partial charge in [-0.1, -0.05) is 13.3 Å². The predicted octanol–water partition coefficient (Wildman–Crippen LogP) is 1.24. The first kappa shape index (κ1) is 8.56. The molecule has 0 N–H and O–H groups in total. The fraction of sp³-hybridized carbons (Fsp3) is 0.667. The number of carbonyl (C=O) groups excluding carboxylic acids is 1. The van der Waals surface area contributed by atoms with E-state index in [1.54, 1.807) is 0 Å². The first-order valence-corrected chi connectivity index (χ1v) is 3.27. The Morgan fingerprint density at radius 1 is 1.78 bits per heavy atom. The van der Waals surface area contributed by atoms with Gasteiger partial charge >= 0.3 is 0 Å². The summed E-state index contributed by atoms with van der Waals surface area (Å²) in [5, 5.41) is -0.0662. The average molecular weight is 145 g/mol. The van der Waals surface area contributed by atoms with Crippen molar-refractivity contribution in [3.8, 4) is 0 Å². The van der Waals surface area contributed by atoms with Crippen LogP contribution >= 0.6 is 12.2 Å². The minimum absolute atomic E-state index is 0.0662. The molecule has 0 bridgehead atoms. The molecule has 9 heavy (non-hydrogen) atoms. The predicted molar refractivity (Wildman–Crippen MR) is 39.2 cm³/mol. The van der Waals surface area contributed by atoms with Gasteiger partial charge in [-0.25, -0.2) is 0 Å². The molecule has 0 rings (SSSR count). The highest BCUT2D eigenvalue weighted by Gasteiger charge is 1.92. The second-order valence-electron chi connectivity index (χ2n) is 1.59. The van der Waals surface area contributed by atoms with E-state index in [1.807, 2.05) is 6.92 Å². The van der Waals surface area contributed by atoms with Gasteiger partial charge in [0.15, 0.2) is 0 Å². The molecule has 0 saturated heterocycles. The molecule has 0 amide bonds. The molecular weight excluding hydrogens is 136 g/mol. The van der Waals surface area contributed by atoms with E-state index < -0.39 is 0 Å². The first-order chi connectivity index (χ1) is 4.31. The maximum absolute atomic E-state index is 9.71. The van der Waals surface area contributed by atoms with Crippen molar-refractivity contribution in [1.29, 1.82) is 0 Å². The van der Waals surface area contributed by atoms with Crippen LogP contribution in [0.15, 0.2) is 0 Å². The fourth-order valence-corrected chi connectivity index (χ4v) is 0.422. The summed E-state index contributed by atoms with van der Waals surface area (Å²) in [4.78, 5) is 9.71. The number of hydrogen-bond acceptors (Lipinski definition) is 3. The molecule has 0 aromatic rings. The highest BCUT2D eigenvalue weighted by Crippen LogP contribution is 1.87. The van der Waals surface area contributed by atoms with E-state index >= 15 is 0 Å². The highest BCUT2D eigenvalue weighted by molar-refractivity contribution is 7.81. The zero-order chi connectivity index (χ0) is 7.11. The largest absolute Gasteiger partial charge is 0.480 e. The molecule has 0 heterocycles. The quantitative estimate of drug-likeness (QED) is 0.440. The summed E-state index contributed by atoms with van der Waals surface area (Å²) in [7, 11) is 0. The molecule has 0 aliphatic carbocycles. The zero-order valence-electron chi connectivity index (χ0n) is 5.35. The lowest BCUT2D eigenvalue weighted by Crippen LogP contribution is -2.03. The molecule has 3 heteroatoms. The molecule has 0 atom stereocenters. The van der Waals surface area contributed by atoms with Crippen LogP contribution in [0, 0.1) is 0 Å². The summed E-state index contributed by atoms with van der Waals surface area (Å²) in [6, 6.07) is 0. The molecule has 0 aliphatic heterocycles. The van der Waals surface area contributed by atoms with Crippen LogP contribution in [0.2, 0.25) is 0 Å². The number of hydrogen-bond donors (Lipinski definition) is 0. The van der Waals surface area contributed by atoms with Gasteiger partial charge in [0.2, 0.25) is 5.05 Å². The van der Waals surface area contributed by atoms with Crippen LogP contribution in [0.4, 0.5) is 0 Å². The number of unbranched alkanes of at least 4 members (excludes halogenated alkanes) is 1. The van der Waals surface area contributed by atoms with Gasteiger partial charge in [-0.05, 0) is 18.6 Å². The van der Waals surface area contributed by atoms with Crippen LogP contribution < -0.4 is 0 Å². The van der Waals surface area contributed by atoms with Crippen molar-refractivity contribution in [1.82, 2.24) is 0 Å². The van der Waals surface area contributed by atoms with Gasteiger partial charge in [-0.15, -0.1) is 0 Å². The van der Waals surface area contributed by atoms with Crippen LogP contribution in [0.5, 0.6) is 0 Å². The lowest BCUT2D eigenvalue weighted by molar-refractivity contribution is 0.308. The Bertz CT molecular complexity index is 101. The second kappa shape index (κ2) is 5.69. The molecule has 0 saturated carbocycles. The van der Waals surface area contributed by atoms with Gasteiger partial charge in [-0.2, -0.15) is 0 Å². The summed E-state index contributed by atoms with van der Waals surface area (Å²) in [5.41, 5.74) is 0. The number of thiocarbonyl (C=S) groups is 1. The lowest BCUT2D eigenvalue weighted by atomic mass is 10.4. The van der Waals surface area contributed by atoms with E-state index in [4.69, 9.17) is 4.74 Å². The summed E-state index contributed by atoms with van der Waals surface area (Å²) >= 11 is 4.42. The van der Waals surface area contributed by atoms with Gasteiger partial charge in [-0.3, -0.25) is 4.79 Å². The minimum atomic E-state index is -0.0662. The Morgan fingerprint density at radius 2 is 2.44 bits per heavy atom. The zero-order valence-corrected chi connectivity index (χ0v) is 6.16. The third-order valence-corrected chi connectivity index (χ3v) is 1.02. The van der Waals surface area contributed by atoms with Crippen molar-refractivity contribution >= 4 is 23.6 Å². The smallest absolute Gasteiger partial charge is 0.283 e. The maximum atomic E-state index is 9.71. The lowest BCUT2D eigenvalue weighted by Gasteiger charge is -1.97. The van der Waals surface area contributed by atoms with Gasteiger partial charge in [0.25, 0.3) is 6.29 Å². The van der Waals surface area contributed by atoms with Crippen LogP contribution in [-0.2, 0) is 9.53 Å². The third kappa shape index (κ3) is 5.43. The molecular formula is C6H9O2S. The number of ether oxygens (including phenoxy) is 1. The summed E-state index contributed by atoms with van der Waals surface area (Å²) in [6.07, 6.45) is 3.46. The SMILES string of the molecule is CCCCOC(=S)[C]=O. The van der Waals surface area contributed by atoms with E-state index in [0.717, 1.165) is 12.8 Å². The van der Waals surface area contributed by atoms with E-state index in [-0.39, 0.29) is 5.05 Å². The van der Waals surface area contributed by atoms with E-state index in [0.29, 0.717) is 6.61 Å². The topological polar surface area (TPSA) is 26.3 Å². The average Bonchev–Trinajstić information content (AvgIpc) is 1.89. The van der Waals surface area contributed by atoms with Crippen LogP contribution in [0.25, 0.3) is 0 Å². The highest BCUT2D eigenvalue weighted by atomic mass is 32.1. The van der Waals surface area contributed by atoms with Gasteiger partial charge in [0.1, 0.15) is 0 Å². The molecule has 0 aliphatic rings. The molecule has 0 unspecified atom stereocenters. The van der Waals surface area contributed by atoms with Crippen molar-refractivity contribution in [2.45, 2.75) is 19.8 Å². The molecule has 51 valence electrons. The summed E-state index contributed by atoms with van der Waals surface area (Å²) in [6.45, 7) is 2.57. The summed E-state index contributed by atoms with van der Waals surface area (Å²) in [5.74, 6) is 0. The molecule has 1 radical (unpaired) electrons. The molecule has 0 spiro atoms. The van der Waals surface area contributed by atoms with Crippen LogP contribution in [0.3, 0.4) is 0 Å². The Labute approximate surface area is 60.2 Å². The van der Waals surface area contributed by atoms with Crippen molar-refractivity contribution in [2.24, 2.45) is 0 Å². The third-order valence-electron chi connectivity index (χ3n) is 0.814. The molecule has 0 fully saturated rings. The van der Waals surface area contributed by atoms with Crippen molar-refractivity contribution in [2.75, 3.05) is 6.61 Å². The normalized spacial score (nSPS) is 8.56. The minimum Gasteiger partial charge on any atom is -0.480 e. The maximum Gasteiger partial charge on any atom is 0.283 e. The van der Waals surface area contributed by atoms with E-state index in [1.165, 1.54) is 6.29 Å². The Morgan fingerprint density at radius 3 is 2.89 bits per heavy atom. The molecule has 0 aromatic carbocycles. The van der Waals surface area contributed by atoms with Crippen LogP contribution in [-0.4, -0.2) is 17.9 Å². The molecule has 2 nitrogen and oxygen atoms in total. The molecule has 0 aromatic heterocycles. The fourth-order valence-electron chi connectivity index (χ4n) is 0.339. The Kier molecular flexibility index (Phi) is 5.41. The Hall–Kier alpha value is -0.440. The van der Waals surface area contributed by atoms with Crippen molar-refractivity contribution < 1.29 is 9.53 Å². The van der Waals surface area contributed by atoms with Gasteiger partial charge in [0, 0.05) is 0 Å². The second-order valence-corrected chi connectivity index (χ2v) is 1.96. The van der Waals surface area contributed by atoms with Crippen LogP contribution in [0.1, 0.15) is 19.8 Å². The monoisotopic (exact) mass is 145 g/mol. The first-order valence-electron chi connectivity index (χ1n) is 2.86. The summed E-state index contributed by atoms with van der Waals surface area (Å²) < 4.78 is 4.74. The van der Waals surface area contributed by atoms with Gasteiger partial charge in [0.05, 0.1) is 6.61 Å².